The van der Waals surface area contributed by atoms with E-state index in [4.69, 9.17) is 4.98 Å². The molecule has 31 heavy (non-hydrogen) atoms. The number of thiophene rings is 1. The standard InChI is InChI=1S/C22H26N6O2S/c1-3-19(29)22(30)25-21-13-17(15-31-21)14-26-9-11-27(12-10-26)18-5-6-20(24-16(18)2)28-8-4-7-23-28/h4-8,13,15H,3,9-12,14H2,1-2H3,(H,25,30). The van der Waals surface area contributed by atoms with Crippen molar-refractivity contribution in [2.45, 2.75) is 26.8 Å². The van der Waals surface area contributed by atoms with Crippen molar-refractivity contribution in [3.63, 3.8) is 0 Å². The molecule has 9 heteroatoms. The number of nitrogens with zero attached hydrogens (tertiary/aromatic N) is 5. The Bertz CT molecular complexity index is 1050. The molecule has 0 aromatic carbocycles. The number of anilines is 2. The van der Waals surface area contributed by atoms with Crippen LogP contribution in [-0.4, -0.2) is 57.5 Å². The molecular formula is C22H26N6O2S. The first-order valence-electron chi connectivity index (χ1n) is 10.4. The maximum atomic E-state index is 11.7. The predicted molar refractivity (Wildman–Crippen MR) is 122 cm³/mol. The van der Waals surface area contributed by atoms with E-state index in [0.717, 1.165) is 60.5 Å². The van der Waals surface area contributed by atoms with Crippen molar-refractivity contribution < 1.29 is 9.59 Å². The first-order valence-corrected chi connectivity index (χ1v) is 11.3. The number of piperazine rings is 1. The molecule has 3 aromatic heterocycles. The zero-order chi connectivity index (χ0) is 21.8. The van der Waals surface area contributed by atoms with E-state index in [2.05, 4.69) is 26.3 Å². The van der Waals surface area contributed by atoms with Crippen molar-refractivity contribution in [2.75, 3.05) is 36.4 Å². The summed E-state index contributed by atoms with van der Waals surface area (Å²) in [5.74, 6) is -0.105. The van der Waals surface area contributed by atoms with Gasteiger partial charge in [0.25, 0.3) is 5.91 Å². The van der Waals surface area contributed by atoms with Gasteiger partial charge in [-0.1, -0.05) is 6.92 Å². The molecule has 0 radical (unpaired) electrons. The lowest BCUT2D eigenvalue weighted by molar-refractivity contribution is -0.134. The third-order valence-electron chi connectivity index (χ3n) is 5.37. The summed E-state index contributed by atoms with van der Waals surface area (Å²) >= 11 is 1.46. The number of ketones is 1. The summed E-state index contributed by atoms with van der Waals surface area (Å²) in [5, 5.41) is 9.70. The van der Waals surface area contributed by atoms with E-state index in [1.54, 1.807) is 17.8 Å². The van der Waals surface area contributed by atoms with E-state index >= 15 is 0 Å². The number of Topliss-reactive ketones (excluding diaryl/α,β-unsaturated/α-hetero) is 1. The van der Waals surface area contributed by atoms with E-state index < -0.39 is 11.7 Å². The summed E-state index contributed by atoms with van der Waals surface area (Å²) in [6, 6.07) is 7.98. The van der Waals surface area contributed by atoms with Gasteiger partial charge >= 0.3 is 0 Å². The summed E-state index contributed by atoms with van der Waals surface area (Å²) in [7, 11) is 0. The molecule has 1 amide bonds. The molecular weight excluding hydrogens is 412 g/mol. The highest BCUT2D eigenvalue weighted by molar-refractivity contribution is 7.14. The van der Waals surface area contributed by atoms with Gasteiger partial charge in [-0.2, -0.15) is 5.10 Å². The van der Waals surface area contributed by atoms with Crippen LogP contribution in [0.5, 0.6) is 0 Å². The second-order valence-electron chi connectivity index (χ2n) is 7.54. The molecule has 0 spiro atoms. The monoisotopic (exact) mass is 438 g/mol. The average Bonchev–Trinajstić information content (AvgIpc) is 3.46. The van der Waals surface area contributed by atoms with Gasteiger partial charge in [0.1, 0.15) is 0 Å². The van der Waals surface area contributed by atoms with Crippen molar-refractivity contribution in [1.82, 2.24) is 19.7 Å². The lowest BCUT2D eigenvalue weighted by Gasteiger charge is -2.36. The van der Waals surface area contributed by atoms with Gasteiger partial charge in [-0.05, 0) is 42.1 Å². The largest absolute Gasteiger partial charge is 0.368 e. The van der Waals surface area contributed by atoms with Crippen LogP contribution in [0.25, 0.3) is 5.82 Å². The molecule has 1 aliphatic heterocycles. The van der Waals surface area contributed by atoms with Crippen molar-refractivity contribution in [3.8, 4) is 5.82 Å². The van der Waals surface area contributed by atoms with Crippen molar-refractivity contribution in [2.24, 2.45) is 0 Å². The molecule has 1 fully saturated rings. The van der Waals surface area contributed by atoms with E-state index in [0.29, 0.717) is 0 Å². The second-order valence-corrected chi connectivity index (χ2v) is 8.45. The molecule has 1 saturated heterocycles. The van der Waals surface area contributed by atoms with Gasteiger partial charge in [0.2, 0.25) is 5.78 Å². The van der Waals surface area contributed by atoms with Gasteiger partial charge in [-0.25, -0.2) is 9.67 Å². The van der Waals surface area contributed by atoms with Gasteiger partial charge in [0, 0.05) is 51.5 Å². The predicted octanol–water partition coefficient (Wildman–Crippen LogP) is 2.88. The molecule has 0 bridgehead atoms. The van der Waals surface area contributed by atoms with E-state index in [-0.39, 0.29) is 6.42 Å². The van der Waals surface area contributed by atoms with Crippen LogP contribution in [0.4, 0.5) is 10.7 Å². The molecule has 162 valence electrons. The zero-order valence-corrected chi connectivity index (χ0v) is 18.6. The van der Waals surface area contributed by atoms with Crippen LogP contribution in [0.2, 0.25) is 0 Å². The van der Waals surface area contributed by atoms with Crippen molar-refractivity contribution >= 4 is 33.7 Å². The lowest BCUT2D eigenvalue weighted by Crippen LogP contribution is -2.46. The number of carbonyl (C=O) groups excluding carboxylic acids is 2. The number of rotatable bonds is 7. The highest BCUT2D eigenvalue weighted by Gasteiger charge is 2.20. The van der Waals surface area contributed by atoms with Gasteiger partial charge in [-0.15, -0.1) is 11.3 Å². The Hall–Kier alpha value is -3.04. The topological polar surface area (TPSA) is 83.4 Å². The first kappa shape index (κ1) is 21.2. The number of hydrogen-bond donors (Lipinski definition) is 1. The SMILES string of the molecule is CCC(=O)C(=O)Nc1cc(CN2CCN(c3ccc(-n4cccn4)nc3C)CC2)cs1. The lowest BCUT2D eigenvalue weighted by atomic mass is 10.2. The van der Waals surface area contributed by atoms with Crippen LogP contribution in [-0.2, 0) is 16.1 Å². The molecule has 1 aliphatic rings. The van der Waals surface area contributed by atoms with Crippen molar-refractivity contribution in [3.05, 3.63) is 53.3 Å². The van der Waals surface area contributed by atoms with Crippen LogP contribution in [0, 0.1) is 6.92 Å². The average molecular weight is 439 g/mol. The molecule has 8 nitrogen and oxygen atoms in total. The maximum absolute atomic E-state index is 11.7. The Morgan fingerprint density at radius 3 is 2.68 bits per heavy atom. The quantitative estimate of drug-likeness (QED) is 0.571. The Balaban J connectivity index is 1.31. The van der Waals surface area contributed by atoms with E-state index in [9.17, 15) is 9.59 Å². The number of aromatic nitrogens is 3. The molecule has 1 N–H and O–H groups in total. The zero-order valence-electron chi connectivity index (χ0n) is 17.7. The smallest absolute Gasteiger partial charge is 0.292 e. The summed E-state index contributed by atoms with van der Waals surface area (Å²) in [6.07, 6.45) is 3.86. The van der Waals surface area contributed by atoms with E-state index in [1.165, 1.54) is 11.3 Å². The summed E-state index contributed by atoms with van der Waals surface area (Å²) in [4.78, 5) is 32.7. The number of carbonyl (C=O) groups is 2. The minimum absolute atomic E-state index is 0.218. The Kier molecular flexibility index (Phi) is 6.43. The minimum atomic E-state index is -0.535. The Morgan fingerprint density at radius 2 is 2.00 bits per heavy atom. The fraction of sp³-hybridized carbons (Fsp3) is 0.364. The van der Waals surface area contributed by atoms with Crippen LogP contribution in [0.1, 0.15) is 24.6 Å². The maximum Gasteiger partial charge on any atom is 0.292 e. The number of pyridine rings is 1. The van der Waals surface area contributed by atoms with Gasteiger partial charge in [0.05, 0.1) is 16.4 Å². The molecule has 0 unspecified atom stereocenters. The molecule has 0 saturated carbocycles. The third-order valence-corrected chi connectivity index (χ3v) is 6.26. The highest BCUT2D eigenvalue weighted by Crippen LogP contribution is 2.24. The summed E-state index contributed by atoms with van der Waals surface area (Å²) in [5.41, 5.74) is 3.32. The molecule has 0 atom stereocenters. The fourth-order valence-electron chi connectivity index (χ4n) is 3.68. The number of aryl methyl sites for hydroxylation is 1. The normalized spacial score (nSPS) is 14.6. The number of hydrogen-bond acceptors (Lipinski definition) is 7. The van der Waals surface area contributed by atoms with Crippen LogP contribution < -0.4 is 10.2 Å². The Morgan fingerprint density at radius 1 is 1.19 bits per heavy atom. The minimum Gasteiger partial charge on any atom is -0.368 e. The van der Waals surface area contributed by atoms with E-state index in [1.807, 2.05) is 36.7 Å². The van der Waals surface area contributed by atoms with Gasteiger partial charge in [-0.3, -0.25) is 14.5 Å². The number of amides is 1. The number of nitrogens with one attached hydrogen (secondary N) is 1. The highest BCUT2D eigenvalue weighted by atomic mass is 32.1. The van der Waals surface area contributed by atoms with Crippen molar-refractivity contribution in [1.29, 1.82) is 0 Å². The fourth-order valence-corrected chi connectivity index (χ4v) is 4.47. The van der Waals surface area contributed by atoms with Gasteiger partial charge < -0.3 is 10.2 Å². The summed E-state index contributed by atoms with van der Waals surface area (Å²) in [6.45, 7) is 8.33. The molecule has 4 heterocycles. The summed E-state index contributed by atoms with van der Waals surface area (Å²) < 4.78 is 1.77. The first-order chi connectivity index (χ1) is 15.0. The van der Waals surface area contributed by atoms with Crippen LogP contribution >= 0.6 is 11.3 Å². The Labute approximate surface area is 185 Å². The molecule has 0 aliphatic carbocycles. The van der Waals surface area contributed by atoms with Crippen LogP contribution in [0.3, 0.4) is 0 Å². The molecule has 4 rings (SSSR count). The van der Waals surface area contributed by atoms with Crippen LogP contribution in [0.15, 0.2) is 42.0 Å². The molecule has 3 aromatic rings. The second kappa shape index (κ2) is 9.40. The van der Waals surface area contributed by atoms with Gasteiger partial charge in [0.15, 0.2) is 5.82 Å². The third kappa shape index (κ3) is 5.00.